The van der Waals surface area contributed by atoms with Crippen molar-refractivity contribution in [3.8, 4) is 5.75 Å². The predicted octanol–water partition coefficient (Wildman–Crippen LogP) is 2.75. The molecule has 300 valence electrons. The van der Waals surface area contributed by atoms with Crippen LogP contribution >= 0.6 is 0 Å². The number of carbonyl (C=O) groups excluding carboxylic acids is 2. The highest BCUT2D eigenvalue weighted by Crippen LogP contribution is 2.67. The first-order chi connectivity index (χ1) is 26.8. The molecule has 2 bridgehead atoms. The number of H-pyrrole nitrogens is 1. The second-order valence-electron chi connectivity index (χ2n) is 17.6. The highest BCUT2D eigenvalue weighted by atomic mass is 16.5. The molecule has 3 fully saturated rings. The van der Waals surface area contributed by atoms with Crippen LogP contribution < -0.4 is 15.1 Å². The number of ether oxygens (including phenoxy) is 2. The van der Waals surface area contributed by atoms with Crippen molar-refractivity contribution in [1.82, 2.24) is 20.3 Å². The van der Waals surface area contributed by atoms with Crippen LogP contribution in [0, 0.1) is 11.3 Å². The maximum atomic E-state index is 15.2. The maximum Gasteiger partial charge on any atom is 0.322 e. The van der Waals surface area contributed by atoms with E-state index in [1.807, 2.05) is 62.2 Å². The molecule has 13 nitrogen and oxygen atoms in total. The Labute approximate surface area is 327 Å². The molecule has 1 aromatic heterocycles. The van der Waals surface area contributed by atoms with Crippen molar-refractivity contribution < 1.29 is 39.6 Å². The number of methoxy groups -OCH3 is 2. The van der Waals surface area contributed by atoms with Crippen LogP contribution in [0.4, 0.5) is 5.69 Å². The Morgan fingerprint density at radius 1 is 1.04 bits per heavy atom. The number of hydrogen-bond acceptors (Lipinski definition) is 11. The topological polar surface area (TPSA) is 171 Å². The molecule has 13 heteroatoms. The number of hydrogen-bond donors (Lipinski definition) is 6. The lowest BCUT2D eigenvalue weighted by Gasteiger charge is -2.63. The third-order valence-electron chi connectivity index (χ3n) is 15.3. The molecule has 6 N–H and O–H groups in total. The fourth-order valence-corrected chi connectivity index (χ4v) is 13.1. The summed E-state index contributed by atoms with van der Waals surface area (Å²) in [6.45, 7) is 7.24. The molecule has 1 spiro atoms. The molecule has 1 saturated carbocycles. The second-order valence-corrected chi connectivity index (χ2v) is 17.6. The van der Waals surface area contributed by atoms with Gasteiger partial charge >= 0.3 is 5.97 Å². The van der Waals surface area contributed by atoms with Crippen molar-refractivity contribution in [3.63, 3.8) is 0 Å². The van der Waals surface area contributed by atoms with E-state index in [1.165, 1.54) is 7.11 Å². The molecule has 56 heavy (non-hydrogen) atoms. The number of aliphatic hydroxyl groups is 3. The average Bonchev–Trinajstić information content (AvgIpc) is 3.87. The number of rotatable bonds is 6. The summed E-state index contributed by atoms with van der Waals surface area (Å²) in [6.07, 6.45) is 5.45. The van der Waals surface area contributed by atoms with Gasteiger partial charge in [-0.05, 0) is 74.2 Å². The normalized spacial score (nSPS) is 38.4. The number of nitrogens with zero attached hydrogens (tertiary/aromatic N) is 3. The Morgan fingerprint density at radius 2 is 1.82 bits per heavy atom. The lowest BCUT2D eigenvalue weighted by molar-refractivity contribution is -0.208. The Hall–Kier alpha value is -3.98. The van der Waals surface area contributed by atoms with Gasteiger partial charge in [-0.2, -0.15) is 0 Å². The van der Waals surface area contributed by atoms with Crippen LogP contribution in [0.3, 0.4) is 0 Å². The lowest BCUT2D eigenvalue weighted by Crippen LogP contribution is -2.81. The first-order valence-electron chi connectivity index (χ1n) is 20.2. The first-order valence-corrected chi connectivity index (χ1v) is 20.2. The monoisotopic (exact) mass is 769 g/mol. The van der Waals surface area contributed by atoms with E-state index < -0.39 is 51.5 Å². The number of benzene rings is 2. The number of nitrogens with one attached hydrogen (secondary N) is 2. The second kappa shape index (κ2) is 12.8. The summed E-state index contributed by atoms with van der Waals surface area (Å²) in [6, 6.07) is 10.8. The first kappa shape index (κ1) is 37.6. The molecule has 4 unspecified atom stereocenters. The molecule has 2 aromatic carbocycles. The van der Waals surface area contributed by atoms with Gasteiger partial charge in [-0.1, -0.05) is 44.2 Å². The molecule has 9 rings (SSSR count). The van der Waals surface area contributed by atoms with Crippen LogP contribution in [-0.2, 0) is 31.6 Å². The molecular formula is C43H55N5O8. The van der Waals surface area contributed by atoms with Gasteiger partial charge in [0, 0.05) is 84.0 Å². The minimum absolute atomic E-state index is 0.0990. The summed E-state index contributed by atoms with van der Waals surface area (Å²) in [7, 11) is 4.82. The molecule has 1 aliphatic carbocycles. The number of esters is 1. The minimum Gasteiger partial charge on any atom is -0.496 e. The summed E-state index contributed by atoms with van der Waals surface area (Å²) in [5.41, 5.74) is -0.232. The number of carbonyl (C=O) groups is 2. The zero-order valence-electron chi connectivity index (χ0n) is 33.0. The van der Waals surface area contributed by atoms with Gasteiger partial charge in [0.2, 0.25) is 0 Å². The van der Waals surface area contributed by atoms with E-state index in [9.17, 15) is 25.3 Å². The third-order valence-corrected chi connectivity index (χ3v) is 15.3. The van der Waals surface area contributed by atoms with E-state index in [4.69, 9.17) is 9.47 Å². The van der Waals surface area contributed by atoms with Crippen LogP contribution in [0.1, 0.15) is 68.3 Å². The van der Waals surface area contributed by atoms with E-state index in [2.05, 4.69) is 26.9 Å². The highest BCUT2D eigenvalue weighted by Gasteiger charge is 2.78. The van der Waals surface area contributed by atoms with E-state index in [0.29, 0.717) is 88.2 Å². The van der Waals surface area contributed by atoms with Crippen molar-refractivity contribution in [2.45, 2.75) is 92.6 Å². The van der Waals surface area contributed by atoms with Crippen molar-refractivity contribution in [2.75, 3.05) is 58.9 Å². The zero-order chi connectivity index (χ0) is 39.6. The van der Waals surface area contributed by atoms with E-state index in [1.54, 1.807) is 12.6 Å². The number of aliphatic hydroxyl groups excluding tert-OH is 1. The number of amides is 1. The lowest BCUT2D eigenvalue weighted by atomic mass is 9.47. The Bertz CT molecular complexity index is 2140. The highest BCUT2D eigenvalue weighted by molar-refractivity contribution is 5.95. The third kappa shape index (κ3) is 4.58. The van der Waals surface area contributed by atoms with Gasteiger partial charge < -0.3 is 34.7 Å². The summed E-state index contributed by atoms with van der Waals surface area (Å²) in [5, 5.41) is 48.3. The molecule has 0 radical (unpaired) electrons. The number of para-hydroxylation sites is 1. The molecule has 6 heterocycles. The van der Waals surface area contributed by atoms with Crippen LogP contribution in [0.25, 0.3) is 10.9 Å². The van der Waals surface area contributed by atoms with Gasteiger partial charge in [0.25, 0.3) is 5.91 Å². The average molecular weight is 770 g/mol. The molecule has 2 saturated heterocycles. The fraction of sp³-hybridized carbons (Fsp3) is 0.581. The van der Waals surface area contributed by atoms with Crippen LogP contribution in [0.2, 0.25) is 0 Å². The molecule has 3 aromatic rings. The van der Waals surface area contributed by atoms with Crippen molar-refractivity contribution in [3.05, 3.63) is 70.9 Å². The molecule has 10 atom stereocenters. The summed E-state index contributed by atoms with van der Waals surface area (Å²) in [4.78, 5) is 39.4. The predicted molar refractivity (Wildman–Crippen MR) is 209 cm³/mol. The molecule has 1 amide bonds. The zero-order valence-corrected chi connectivity index (χ0v) is 33.0. The fourth-order valence-electron chi connectivity index (χ4n) is 13.1. The van der Waals surface area contributed by atoms with Crippen molar-refractivity contribution in [1.29, 1.82) is 0 Å². The number of aromatic amines is 1. The van der Waals surface area contributed by atoms with Gasteiger partial charge in [-0.25, -0.2) is 5.48 Å². The Balaban J connectivity index is 1.36. The summed E-state index contributed by atoms with van der Waals surface area (Å²) in [5.74, 6) is -1.18. The number of aromatic nitrogens is 1. The molecular weight excluding hydrogens is 715 g/mol. The van der Waals surface area contributed by atoms with Gasteiger partial charge in [-0.15, -0.1) is 0 Å². The van der Waals surface area contributed by atoms with Gasteiger partial charge in [0.05, 0.1) is 25.9 Å². The van der Waals surface area contributed by atoms with Crippen LogP contribution in [0.15, 0.2) is 48.6 Å². The van der Waals surface area contributed by atoms with Crippen molar-refractivity contribution in [2.24, 2.45) is 11.3 Å². The van der Waals surface area contributed by atoms with E-state index >= 15 is 4.79 Å². The smallest absolute Gasteiger partial charge is 0.322 e. The molecule has 5 aliphatic heterocycles. The van der Waals surface area contributed by atoms with Crippen molar-refractivity contribution >= 4 is 28.5 Å². The number of hydroxylamine groups is 1. The van der Waals surface area contributed by atoms with Crippen LogP contribution in [0.5, 0.6) is 5.75 Å². The van der Waals surface area contributed by atoms with E-state index in [-0.39, 0.29) is 12.0 Å². The summed E-state index contributed by atoms with van der Waals surface area (Å²) < 4.78 is 12.2. The van der Waals surface area contributed by atoms with Gasteiger partial charge in [0.1, 0.15) is 17.3 Å². The van der Waals surface area contributed by atoms with Gasteiger partial charge in [-0.3, -0.25) is 24.6 Å². The number of fused-ring (bicyclic) bond motifs is 6. The number of piperidine rings is 1. The standard InChI is InChI=1S/C43H55N5O8/c1-6-39(52)21-25-22-42(38(51)56-5,33-27(13-17-47(23-25)24-39)26-11-8-9-12-30(26)44-33)29-19-28-31(20-32(29)55-4)46(3)35-41(28)15-18-48-16-10-14-40(7-2,34(41)48)36(49)43(35,53)37(50)45-54/h8-12,14,19-20,25,34-36,44,49,52-54H,6-7,13,15-18,21-24H2,1-5H3,(H,45,50)/t25?,34?,35?,36-,39?,40-,41-,42+,43+/m1/s1. The number of likely N-dealkylation sites (N-methyl/N-ethyl adjacent to an activating group) is 1. The largest absolute Gasteiger partial charge is 0.496 e. The molecule has 6 aliphatic rings. The minimum atomic E-state index is -2.43. The number of anilines is 1. The van der Waals surface area contributed by atoms with E-state index in [0.717, 1.165) is 27.7 Å². The Morgan fingerprint density at radius 3 is 2.54 bits per heavy atom. The SMILES string of the molecule is CCC1(O)CC2C[N@](CCc3c([nH]c4ccccc34)[C@@](C(=O)OC)(c3cc4c(cc3OC)N(C)C3[C@]45CCN4CC=C[C@](CC)(C45)[C@@H](O)[C@]3(O)C(=O)NO)C2)C1. The van der Waals surface area contributed by atoms with Gasteiger partial charge in [0.15, 0.2) is 5.60 Å². The Kier molecular flexibility index (Phi) is 8.56. The maximum absolute atomic E-state index is 15.2. The van der Waals surface area contributed by atoms with Crippen LogP contribution in [-0.4, -0.2) is 131 Å². The quantitative estimate of drug-likeness (QED) is 0.0944. The summed E-state index contributed by atoms with van der Waals surface area (Å²) >= 11 is 0.